The van der Waals surface area contributed by atoms with Gasteiger partial charge in [0.05, 0.1) is 18.7 Å². The van der Waals surface area contributed by atoms with Crippen molar-refractivity contribution < 1.29 is 4.79 Å². The Hall–Kier alpha value is -2.21. The smallest absolute Gasteiger partial charge is 0.226 e. The number of fused-ring (bicyclic) bond motifs is 1. The SMILES string of the molecule is Cc1csc(CNC(=O)Cc2cnc3c(C)cccn23)n1. The molecular formula is C15H16N4OS. The van der Waals surface area contributed by atoms with Crippen molar-refractivity contribution in [2.45, 2.75) is 26.8 Å². The number of rotatable bonds is 4. The number of imidazole rings is 1. The standard InChI is InChI=1S/C15H16N4OS/c1-10-4-3-5-19-12(7-17-15(10)19)6-13(20)16-8-14-18-11(2)9-21-14/h3-5,7,9H,6,8H2,1-2H3,(H,16,20). The number of carbonyl (C=O) groups excluding carboxylic acids is 1. The number of amides is 1. The molecule has 3 aromatic rings. The Morgan fingerprint density at radius 1 is 1.43 bits per heavy atom. The highest BCUT2D eigenvalue weighted by Gasteiger charge is 2.10. The van der Waals surface area contributed by atoms with Crippen molar-refractivity contribution in [3.05, 3.63) is 51.9 Å². The molecule has 0 spiro atoms. The molecule has 0 fully saturated rings. The molecule has 3 heterocycles. The second-order valence-electron chi connectivity index (χ2n) is 4.97. The first-order valence-corrected chi connectivity index (χ1v) is 7.60. The van der Waals surface area contributed by atoms with Gasteiger partial charge in [-0.2, -0.15) is 0 Å². The van der Waals surface area contributed by atoms with Crippen molar-refractivity contribution in [1.82, 2.24) is 19.7 Å². The third-order valence-electron chi connectivity index (χ3n) is 3.25. The van der Waals surface area contributed by atoms with Crippen molar-refractivity contribution in [2.75, 3.05) is 0 Å². The molecule has 0 saturated heterocycles. The van der Waals surface area contributed by atoms with Crippen LogP contribution in [0.1, 0.15) is 22.0 Å². The molecule has 21 heavy (non-hydrogen) atoms. The van der Waals surface area contributed by atoms with E-state index in [1.807, 2.05) is 42.0 Å². The summed E-state index contributed by atoms with van der Waals surface area (Å²) in [5.41, 5.74) is 3.88. The highest BCUT2D eigenvalue weighted by Crippen LogP contribution is 2.12. The summed E-state index contributed by atoms with van der Waals surface area (Å²) in [4.78, 5) is 20.7. The van der Waals surface area contributed by atoms with Gasteiger partial charge >= 0.3 is 0 Å². The third-order valence-corrected chi connectivity index (χ3v) is 4.22. The largest absolute Gasteiger partial charge is 0.349 e. The summed E-state index contributed by atoms with van der Waals surface area (Å²) < 4.78 is 1.96. The first-order chi connectivity index (χ1) is 10.1. The van der Waals surface area contributed by atoms with Crippen LogP contribution in [-0.4, -0.2) is 20.3 Å². The maximum absolute atomic E-state index is 12.0. The average Bonchev–Trinajstić information content (AvgIpc) is 3.05. The number of hydrogen-bond acceptors (Lipinski definition) is 4. The first-order valence-electron chi connectivity index (χ1n) is 6.73. The molecule has 0 bridgehead atoms. The molecule has 0 atom stereocenters. The van der Waals surface area contributed by atoms with Crippen LogP contribution in [0.3, 0.4) is 0 Å². The van der Waals surface area contributed by atoms with Gasteiger partial charge in [0.15, 0.2) is 0 Å². The highest BCUT2D eigenvalue weighted by molar-refractivity contribution is 7.09. The van der Waals surface area contributed by atoms with E-state index in [0.29, 0.717) is 13.0 Å². The number of nitrogens with zero attached hydrogens (tertiary/aromatic N) is 3. The molecule has 108 valence electrons. The molecule has 0 aliphatic rings. The van der Waals surface area contributed by atoms with Gasteiger partial charge in [-0.25, -0.2) is 9.97 Å². The predicted molar refractivity (Wildman–Crippen MR) is 82.3 cm³/mol. The van der Waals surface area contributed by atoms with Crippen LogP contribution in [0, 0.1) is 13.8 Å². The molecule has 6 heteroatoms. The molecule has 0 unspecified atom stereocenters. The minimum atomic E-state index is -0.0221. The maximum atomic E-state index is 12.0. The molecule has 3 aromatic heterocycles. The molecule has 0 saturated carbocycles. The number of pyridine rings is 1. The van der Waals surface area contributed by atoms with Crippen LogP contribution >= 0.6 is 11.3 Å². The van der Waals surface area contributed by atoms with Gasteiger partial charge in [-0.05, 0) is 25.5 Å². The van der Waals surface area contributed by atoms with Crippen LogP contribution < -0.4 is 5.32 Å². The molecule has 1 N–H and O–H groups in total. The lowest BCUT2D eigenvalue weighted by Gasteiger charge is -2.04. The Morgan fingerprint density at radius 3 is 3.05 bits per heavy atom. The van der Waals surface area contributed by atoms with Gasteiger partial charge in [-0.1, -0.05) is 6.07 Å². The van der Waals surface area contributed by atoms with Crippen molar-refractivity contribution in [1.29, 1.82) is 0 Å². The van der Waals surface area contributed by atoms with Crippen LogP contribution in [0.25, 0.3) is 5.65 Å². The van der Waals surface area contributed by atoms with Crippen molar-refractivity contribution >= 4 is 22.9 Å². The molecule has 0 aliphatic heterocycles. The lowest BCUT2D eigenvalue weighted by molar-refractivity contribution is -0.120. The summed E-state index contributed by atoms with van der Waals surface area (Å²) in [5, 5.41) is 5.80. The van der Waals surface area contributed by atoms with E-state index < -0.39 is 0 Å². The van der Waals surface area contributed by atoms with E-state index in [1.165, 1.54) is 0 Å². The molecule has 3 rings (SSSR count). The number of nitrogens with one attached hydrogen (secondary N) is 1. The van der Waals surface area contributed by atoms with Crippen LogP contribution in [0.4, 0.5) is 0 Å². The topological polar surface area (TPSA) is 59.3 Å². The summed E-state index contributed by atoms with van der Waals surface area (Å²) in [5.74, 6) is -0.0221. The van der Waals surface area contributed by atoms with E-state index >= 15 is 0 Å². The fourth-order valence-electron chi connectivity index (χ4n) is 2.22. The van der Waals surface area contributed by atoms with Crippen molar-refractivity contribution in [3.63, 3.8) is 0 Å². The zero-order valence-corrected chi connectivity index (χ0v) is 12.8. The number of hydrogen-bond donors (Lipinski definition) is 1. The van der Waals surface area contributed by atoms with E-state index in [1.54, 1.807) is 17.5 Å². The number of thiazole rings is 1. The second-order valence-corrected chi connectivity index (χ2v) is 5.91. The lowest BCUT2D eigenvalue weighted by atomic mass is 10.3. The molecular weight excluding hydrogens is 284 g/mol. The first kappa shape index (κ1) is 13.8. The van der Waals surface area contributed by atoms with E-state index in [9.17, 15) is 4.79 Å². The maximum Gasteiger partial charge on any atom is 0.226 e. The number of aryl methyl sites for hydroxylation is 2. The average molecular weight is 300 g/mol. The number of aromatic nitrogens is 3. The molecule has 0 aromatic carbocycles. The second kappa shape index (κ2) is 5.65. The Balaban J connectivity index is 1.67. The van der Waals surface area contributed by atoms with Crippen LogP contribution in [0.2, 0.25) is 0 Å². The molecule has 0 radical (unpaired) electrons. The Kier molecular flexibility index (Phi) is 3.70. The van der Waals surface area contributed by atoms with Gasteiger partial charge in [0.25, 0.3) is 0 Å². The summed E-state index contributed by atoms with van der Waals surface area (Å²) in [6, 6.07) is 3.97. The predicted octanol–water partition coefficient (Wildman–Crippen LogP) is 2.27. The third kappa shape index (κ3) is 2.95. The summed E-state index contributed by atoms with van der Waals surface area (Å²) in [7, 11) is 0. The summed E-state index contributed by atoms with van der Waals surface area (Å²) in [6.07, 6.45) is 4.01. The Labute approximate surface area is 126 Å². The van der Waals surface area contributed by atoms with E-state index in [0.717, 1.165) is 27.6 Å². The fourth-order valence-corrected chi connectivity index (χ4v) is 2.93. The fraction of sp³-hybridized carbons (Fsp3) is 0.267. The van der Waals surface area contributed by atoms with Crippen molar-refractivity contribution in [3.8, 4) is 0 Å². The quantitative estimate of drug-likeness (QED) is 0.804. The summed E-state index contributed by atoms with van der Waals surface area (Å²) >= 11 is 1.56. The summed E-state index contributed by atoms with van der Waals surface area (Å²) in [6.45, 7) is 4.44. The highest BCUT2D eigenvalue weighted by atomic mass is 32.1. The zero-order valence-electron chi connectivity index (χ0n) is 12.0. The molecule has 5 nitrogen and oxygen atoms in total. The normalized spacial score (nSPS) is 11.0. The van der Waals surface area contributed by atoms with Gasteiger partial charge in [-0.3, -0.25) is 4.79 Å². The Morgan fingerprint density at radius 2 is 2.29 bits per heavy atom. The van der Waals surface area contributed by atoms with E-state index in [2.05, 4.69) is 15.3 Å². The van der Waals surface area contributed by atoms with Crippen LogP contribution in [0.5, 0.6) is 0 Å². The van der Waals surface area contributed by atoms with Gasteiger partial charge < -0.3 is 9.72 Å². The van der Waals surface area contributed by atoms with E-state index in [-0.39, 0.29) is 5.91 Å². The number of carbonyl (C=O) groups is 1. The van der Waals surface area contributed by atoms with E-state index in [4.69, 9.17) is 0 Å². The van der Waals surface area contributed by atoms with Crippen molar-refractivity contribution in [2.24, 2.45) is 0 Å². The zero-order chi connectivity index (χ0) is 14.8. The van der Waals surface area contributed by atoms with Gasteiger partial charge in [0.2, 0.25) is 5.91 Å². The van der Waals surface area contributed by atoms with Gasteiger partial charge in [0, 0.05) is 23.5 Å². The van der Waals surface area contributed by atoms with Gasteiger partial charge in [0.1, 0.15) is 10.7 Å². The van der Waals surface area contributed by atoms with Crippen LogP contribution in [-0.2, 0) is 17.8 Å². The van der Waals surface area contributed by atoms with Gasteiger partial charge in [-0.15, -0.1) is 11.3 Å². The molecule has 0 aliphatic carbocycles. The van der Waals surface area contributed by atoms with Crippen LogP contribution in [0.15, 0.2) is 29.9 Å². The minimum Gasteiger partial charge on any atom is -0.349 e. The lowest BCUT2D eigenvalue weighted by Crippen LogP contribution is -2.25. The minimum absolute atomic E-state index is 0.0221. The molecule has 1 amide bonds. The Bertz CT molecular complexity index is 790. The monoisotopic (exact) mass is 300 g/mol.